The summed E-state index contributed by atoms with van der Waals surface area (Å²) in [6.45, 7) is 8.19. The molecule has 1 unspecified atom stereocenters. The van der Waals surface area contributed by atoms with Gasteiger partial charge in [-0.3, -0.25) is 0 Å². The molecule has 3 nitrogen and oxygen atoms in total. The topological polar surface area (TPSA) is 30.5 Å². The minimum absolute atomic E-state index is 0.723. The van der Waals surface area contributed by atoms with Gasteiger partial charge in [-0.05, 0) is 49.8 Å². The average molecular weight is 293 g/mol. The van der Waals surface area contributed by atoms with Crippen LogP contribution in [0.2, 0.25) is 0 Å². The largest absolute Gasteiger partial charge is 0.494 e. The Balaban J connectivity index is 2.18. The molecule has 0 bridgehead atoms. The van der Waals surface area contributed by atoms with Gasteiger partial charge >= 0.3 is 0 Å². The molecule has 1 aromatic rings. The van der Waals surface area contributed by atoms with Crippen LogP contribution in [0.4, 0.5) is 0 Å². The second-order valence-corrected chi connectivity index (χ2v) is 6.00. The van der Waals surface area contributed by atoms with Crippen molar-refractivity contribution in [2.24, 2.45) is 11.8 Å². The highest BCUT2D eigenvalue weighted by molar-refractivity contribution is 5.20. The first kappa shape index (κ1) is 18.0. The third-order valence-electron chi connectivity index (χ3n) is 3.49. The highest BCUT2D eigenvalue weighted by Crippen LogP contribution is 2.17. The van der Waals surface area contributed by atoms with Gasteiger partial charge in [0, 0.05) is 13.7 Å². The van der Waals surface area contributed by atoms with E-state index in [1.165, 1.54) is 12.8 Å². The van der Waals surface area contributed by atoms with E-state index >= 15 is 0 Å². The van der Waals surface area contributed by atoms with Crippen LogP contribution in [0.25, 0.3) is 0 Å². The fourth-order valence-corrected chi connectivity index (χ4v) is 2.53. The molecular formula is C18H31NO2. The van der Waals surface area contributed by atoms with Gasteiger partial charge in [-0.15, -0.1) is 0 Å². The number of hydrogen-bond donors (Lipinski definition) is 1. The van der Waals surface area contributed by atoms with Crippen LogP contribution in [0.1, 0.15) is 33.1 Å². The highest BCUT2D eigenvalue weighted by Gasteiger charge is 2.10. The average Bonchev–Trinajstić information content (AvgIpc) is 2.48. The van der Waals surface area contributed by atoms with E-state index < -0.39 is 0 Å². The summed E-state index contributed by atoms with van der Waals surface area (Å²) in [7, 11) is 1.74. The van der Waals surface area contributed by atoms with Crippen molar-refractivity contribution >= 4 is 0 Å². The number of nitrogens with one attached hydrogen (secondary N) is 1. The van der Waals surface area contributed by atoms with Crippen LogP contribution < -0.4 is 10.1 Å². The molecule has 1 rings (SSSR count). The number of methoxy groups -OCH3 is 1. The maximum atomic E-state index is 5.76. The van der Waals surface area contributed by atoms with Crippen LogP contribution in [0.3, 0.4) is 0 Å². The lowest BCUT2D eigenvalue weighted by molar-refractivity contribution is 0.195. The molecule has 1 aromatic carbocycles. The van der Waals surface area contributed by atoms with E-state index in [1.54, 1.807) is 7.11 Å². The summed E-state index contributed by atoms with van der Waals surface area (Å²) in [6, 6.07) is 10.1. The molecule has 1 atom stereocenters. The van der Waals surface area contributed by atoms with E-state index in [2.05, 4.69) is 19.2 Å². The van der Waals surface area contributed by atoms with Gasteiger partial charge in [0.25, 0.3) is 0 Å². The minimum Gasteiger partial charge on any atom is -0.494 e. The number of ether oxygens (including phenoxy) is 2. The maximum absolute atomic E-state index is 5.76. The molecule has 0 amide bonds. The van der Waals surface area contributed by atoms with Gasteiger partial charge in [-0.2, -0.15) is 0 Å². The van der Waals surface area contributed by atoms with Gasteiger partial charge in [0.15, 0.2) is 0 Å². The zero-order valence-corrected chi connectivity index (χ0v) is 13.8. The number of benzene rings is 1. The molecule has 3 heteroatoms. The van der Waals surface area contributed by atoms with Crippen LogP contribution >= 0.6 is 0 Å². The Morgan fingerprint density at radius 2 is 1.86 bits per heavy atom. The second-order valence-electron chi connectivity index (χ2n) is 6.00. The predicted octanol–water partition coefficient (Wildman–Crippen LogP) is 3.74. The molecule has 0 aromatic heterocycles. The maximum Gasteiger partial charge on any atom is 0.119 e. The Kier molecular flexibility index (Phi) is 9.92. The molecular weight excluding hydrogens is 262 g/mol. The van der Waals surface area contributed by atoms with Gasteiger partial charge in [-0.25, -0.2) is 0 Å². The van der Waals surface area contributed by atoms with E-state index in [0.717, 1.165) is 50.3 Å². The van der Waals surface area contributed by atoms with Crippen molar-refractivity contribution in [1.29, 1.82) is 0 Å². The molecule has 1 N–H and O–H groups in total. The van der Waals surface area contributed by atoms with Gasteiger partial charge in [0.2, 0.25) is 0 Å². The molecule has 0 spiro atoms. The summed E-state index contributed by atoms with van der Waals surface area (Å²) < 4.78 is 10.8. The summed E-state index contributed by atoms with van der Waals surface area (Å²) >= 11 is 0. The van der Waals surface area contributed by atoms with Crippen LogP contribution in [0.5, 0.6) is 5.75 Å². The summed E-state index contributed by atoms with van der Waals surface area (Å²) in [4.78, 5) is 0. The standard InChI is InChI=1S/C18H31NO2/c1-16(2)14-17(15-19-11-13-20-3)8-7-12-21-18-9-5-4-6-10-18/h4-6,9-10,16-17,19H,7-8,11-15H2,1-3H3. The lowest BCUT2D eigenvalue weighted by atomic mass is 9.93. The number of para-hydroxylation sites is 1. The molecule has 0 fully saturated rings. The van der Waals surface area contributed by atoms with Crippen molar-refractivity contribution in [1.82, 2.24) is 5.32 Å². The fourth-order valence-electron chi connectivity index (χ4n) is 2.53. The van der Waals surface area contributed by atoms with Crippen molar-refractivity contribution in [2.75, 3.05) is 33.4 Å². The van der Waals surface area contributed by atoms with Crippen LogP contribution in [0, 0.1) is 11.8 Å². The summed E-state index contributed by atoms with van der Waals surface area (Å²) in [6.07, 6.45) is 3.59. The van der Waals surface area contributed by atoms with Crippen molar-refractivity contribution < 1.29 is 9.47 Å². The van der Waals surface area contributed by atoms with E-state index in [4.69, 9.17) is 9.47 Å². The molecule has 0 aliphatic carbocycles. The molecule has 21 heavy (non-hydrogen) atoms. The smallest absolute Gasteiger partial charge is 0.119 e. The van der Waals surface area contributed by atoms with Crippen molar-refractivity contribution in [3.8, 4) is 5.75 Å². The van der Waals surface area contributed by atoms with Crippen LogP contribution in [-0.2, 0) is 4.74 Å². The summed E-state index contributed by atoms with van der Waals surface area (Å²) in [5.74, 6) is 2.44. The molecule has 0 saturated carbocycles. The van der Waals surface area contributed by atoms with Gasteiger partial charge < -0.3 is 14.8 Å². The minimum atomic E-state index is 0.723. The molecule has 0 aliphatic rings. The van der Waals surface area contributed by atoms with E-state index in [0.29, 0.717) is 0 Å². The van der Waals surface area contributed by atoms with Crippen molar-refractivity contribution in [2.45, 2.75) is 33.1 Å². The van der Waals surface area contributed by atoms with Crippen molar-refractivity contribution in [3.63, 3.8) is 0 Å². The lowest BCUT2D eigenvalue weighted by Gasteiger charge is -2.19. The molecule has 0 aliphatic heterocycles. The third kappa shape index (κ3) is 9.48. The van der Waals surface area contributed by atoms with Crippen LogP contribution in [-0.4, -0.2) is 33.4 Å². The zero-order valence-electron chi connectivity index (χ0n) is 13.8. The van der Waals surface area contributed by atoms with Gasteiger partial charge in [0.1, 0.15) is 5.75 Å². The Morgan fingerprint density at radius 3 is 2.52 bits per heavy atom. The number of hydrogen-bond acceptors (Lipinski definition) is 3. The Morgan fingerprint density at radius 1 is 1.10 bits per heavy atom. The fraction of sp³-hybridized carbons (Fsp3) is 0.667. The van der Waals surface area contributed by atoms with E-state index in [1.807, 2.05) is 30.3 Å². The lowest BCUT2D eigenvalue weighted by Crippen LogP contribution is -2.27. The Hall–Kier alpha value is -1.06. The van der Waals surface area contributed by atoms with E-state index in [-0.39, 0.29) is 0 Å². The molecule has 0 heterocycles. The summed E-state index contributed by atoms with van der Waals surface area (Å²) in [5.41, 5.74) is 0. The quantitative estimate of drug-likeness (QED) is 0.595. The Bertz CT molecular complexity index is 340. The first-order valence-electron chi connectivity index (χ1n) is 8.10. The zero-order chi connectivity index (χ0) is 15.3. The molecule has 120 valence electrons. The molecule has 0 radical (unpaired) electrons. The van der Waals surface area contributed by atoms with Crippen molar-refractivity contribution in [3.05, 3.63) is 30.3 Å². The molecule has 0 saturated heterocycles. The SMILES string of the molecule is COCCNCC(CCCOc1ccccc1)CC(C)C. The summed E-state index contributed by atoms with van der Waals surface area (Å²) in [5, 5.41) is 3.48. The first-order valence-corrected chi connectivity index (χ1v) is 8.10. The Labute approximate surface area is 130 Å². The predicted molar refractivity (Wildman–Crippen MR) is 88.9 cm³/mol. The van der Waals surface area contributed by atoms with E-state index in [9.17, 15) is 0 Å². The normalized spacial score (nSPS) is 12.6. The van der Waals surface area contributed by atoms with Gasteiger partial charge in [0.05, 0.1) is 13.2 Å². The second kappa shape index (κ2) is 11.6. The highest BCUT2D eigenvalue weighted by atomic mass is 16.5. The van der Waals surface area contributed by atoms with Gasteiger partial charge in [-0.1, -0.05) is 32.0 Å². The number of rotatable bonds is 12. The monoisotopic (exact) mass is 293 g/mol. The first-order chi connectivity index (χ1) is 10.2. The third-order valence-corrected chi connectivity index (χ3v) is 3.49. The van der Waals surface area contributed by atoms with Crippen LogP contribution in [0.15, 0.2) is 30.3 Å².